The summed E-state index contributed by atoms with van der Waals surface area (Å²) in [4.78, 5) is 34.9. The maximum absolute atomic E-state index is 13.6. The number of pyridine rings is 1. The van der Waals surface area contributed by atoms with Crippen molar-refractivity contribution in [2.24, 2.45) is 5.92 Å². The van der Waals surface area contributed by atoms with Gasteiger partial charge in [-0.2, -0.15) is 0 Å². The van der Waals surface area contributed by atoms with Crippen LogP contribution >= 0.6 is 0 Å². The molecule has 0 radical (unpaired) electrons. The van der Waals surface area contributed by atoms with E-state index in [1.807, 2.05) is 50.2 Å². The predicted octanol–water partition coefficient (Wildman–Crippen LogP) is 3.14. The molecule has 2 aromatic rings. The molecule has 34 heavy (non-hydrogen) atoms. The van der Waals surface area contributed by atoms with Gasteiger partial charge in [0.1, 0.15) is 12.1 Å². The number of rotatable bonds is 6. The van der Waals surface area contributed by atoms with Crippen LogP contribution in [0.2, 0.25) is 0 Å². The van der Waals surface area contributed by atoms with E-state index < -0.39 is 5.54 Å². The molecule has 1 N–H and O–H groups in total. The minimum atomic E-state index is -0.849. The minimum absolute atomic E-state index is 0.102. The first-order valence-corrected chi connectivity index (χ1v) is 12.2. The molecule has 1 aromatic heterocycles. The summed E-state index contributed by atoms with van der Waals surface area (Å²) in [6.07, 6.45) is 1.90. The Hall–Kier alpha value is -3.13. The molecule has 0 spiro atoms. The summed E-state index contributed by atoms with van der Waals surface area (Å²) in [7, 11) is 0. The first-order valence-electron chi connectivity index (χ1n) is 12.2. The zero-order valence-corrected chi connectivity index (χ0v) is 19.8. The number of para-hydroxylation sites is 2. The van der Waals surface area contributed by atoms with E-state index in [0.29, 0.717) is 24.5 Å². The van der Waals surface area contributed by atoms with Gasteiger partial charge in [0.05, 0.1) is 12.2 Å². The van der Waals surface area contributed by atoms with E-state index in [0.717, 1.165) is 43.9 Å². The van der Waals surface area contributed by atoms with Crippen LogP contribution in [0, 0.1) is 12.8 Å². The first kappa shape index (κ1) is 22.7. The molecule has 2 fully saturated rings. The second-order valence-corrected chi connectivity index (χ2v) is 9.49. The summed E-state index contributed by atoms with van der Waals surface area (Å²) in [5.41, 5.74) is 1.24. The number of likely N-dealkylation sites (tertiary alicyclic amines) is 1. The maximum Gasteiger partial charge on any atom is 0.325 e. The molecule has 180 valence electrons. The summed E-state index contributed by atoms with van der Waals surface area (Å²) in [6, 6.07) is 13.2. The largest absolute Gasteiger partial charge is 0.486 e. The zero-order valence-electron chi connectivity index (χ0n) is 19.8. The van der Waals surface area contributed by atoms with Crippen molar-refractivity contribution in [2.45, 2.75) is 51.3 Å². The summed E-state index contributed by atoms with van der Waals surface area (Å²) in [5.74, 6) is 1.29. The van der Waals surface area contributed by atoms with E-state index in [4.69, 9.17) is 9.47 Å². The smallest absolute Gasteiger partial charge is 0.325 e. The topological polar surface area (TPSA) is 84.0 Å². The van der Waals surface area contributed by atoms with E-state index in [1.165, 1.54) is 4.90 Å². The molecule has 0 aliphatic carbocycles. The van der Waals surface area contributed by atoms with Crippen molar-refractivity contribution in [2.75, 3.05) is 26.2 Å². The molecule has 0 unspecified atom stereocenters. The number of nitrogens with zero attached hydrogens (tertiary/aromatic N) is 3. The highest BCUT2D eigenvalue weighted by molar-refractivity contribution is 6.07. The fraction of sp³-hybridized carbons (Fsp3) is 0.500. The number of urea groups is 1. The van der Waals surface area contributed by atoms with E-state index >= 15 is 0 Å². The van der Waals surface area contributed by atoms with E-state index in [1.54, 1.807) is 0 Å². The molecule has 3 amide bonds. The van der Waals surface area contributed by atoms with Crippen molar-refractivity contribution in [1.29, 1.82) is 0 Å². The normalized spacial score (nSPS) is 25.5. The number of ether oxygens (including phenoxy) is 2. The van der Waals surface area contributed by atoms with E-state index in [9.17, 15) is 9.59 Å². The van der Waals surface area contributed by atoms with Gasteiger partial charge in [0.2, 0.25) is 0 Å². The molecule has 2 atom stereocenters. The number of aryl methyl sites for hydroxylation is 1. The highest BCUT2D eigenvalue weighted by Gasteiger charge is 2.55. The Morgan fingerprint density at radius 1 is 1.09 bits per heavy atom. The number of aromatic nitrogens is 1. The molecule has 8 nitrogen and oxygen atoms in total. The molecule has 5 rings (SSSR count). The van der Waals surface area contributed by atoms with E-state index in [-0.39, 0.29) is 30.5 Å². The predicted molar refractivity (Wildman–Crippen MR) is 127 cm³/mol. The van der Waals surface area contributed by atoms with Crippen molar-refractivity contribution in [3.63, 3.8) is 0 Å². The lowest BCUT2D eigenvalue weighted by Crippen LogP contribution is -2.56. The average molecular weight is 465 g/mol. The van der Waals surface area contributed by atoms with Crippen molar-refractivity contribution in [1.82, 2.24) is 20.1 Å². The second-order valence-electron chi connectivity index (χ2n) is 9.49. The van der Waals surface area contributed by atoms with Gasteiger partial charge >= 0.3 is 6.03 Å². The van der Waals surface area contributed by atoms with Gasteiger partial charge in [-0.05, 0) is 69.5 Å². The number of benzene rings is 1. The van der Waals surface area contributed by atoms with Gasteiger partial charge in [-0.25, -0.2) is 4.79 Å². The van der Waals surface area contributed by atoms with Crippen LogP contribution in [0.25, 0.3) is 0 Å². The van der Waals surface area contributed by atoms with Crippen LogP contribution in [0.15, 0.2) is 42.5 Å². The zero-order chi connectivity index (χ0) is 23.7. The number of carbonyl (C=O) groups is 2. The van der Waals surface area contributed by atoms with Crippen LogP contribution < -0.4 is 14.8 Å². The Morgan fingerprint density at radius 3 is 2.59 bits per heavy atom. The van der Waals surface area contributed by atoms with E-state index in [2.05, 4.69) is 21.3 Å². The van der Waals surface area contributed by atoms with Crippen LogP contribution in [0.5, 0.6) is 11.5 Å². The molecular weight excluding hydrogens is 432 g/mol. The number of hydrogen-bond acceptors (Lipinski definition) is 6. The molecule has 1 aromatic carbocycles. The van der Waals surface area contributed by atoms with Gasteiger partial charge in [0.25, 0.3) is 5.91 Å². The van der Waals surface area contributed by atoms with Gasteiger partial charge in [-0.3, -0.25) is 19.6 Å². The number of piperidine rings is 1. The van der Waals surface area contributed by atoms with Crippen molar-refractivity contribution >= 4 is 11.9 Å². The molecule has 3 aliphatic rings. The highest BCUT2D eigenvalue weighted by atomic mass is 16.6. The molecule has 4 heterocycles. The number of imide groups is 1. The van der Waals surface area contributed by atoms with Gasteiger partial charge < -0.3 is 14.8 Å². The third-order valence-corrected chi connectivity index (χ3v) is 7.33. The van der Waals surface area contributed by atoms with Crippen molar-refractivity contribution < 1.29 is 19.1 Å². The van der Waals surface area contributed by atoms with Gasteiger partial charge in [-0.15, -0.1) is 0 Å². The van der Waals surface area contributed by atoms with Crippen LogP contribution in [-0.4, -0.2) is 64.6 Å². The fourth-order valence-corrected chi connectivity index (χ4v) is 5.47. The first-order chi connectivity index (χ1) is 16.5. The van der Waals surface area contributed by atoms with Crippen LogP contribution in [-0.2, 0) is 11.3 Å². The molecule has 2 saturated heterocycles. The summed E-state index contributed by atoms with van der Waals surface area (Å²) >= 11 is 0. The maximum atomic E-state index is 13.6. The summed E-state index contributed by atoms with van der Waals surface area (Å²) < 4.78 is 11.8. The summed E-state index contributed by atoms with van der Waals surface area (Å²) in [5, 5.41) is 3.08. The minimum Gasteiger partial charge on any atom is -0.486 e. The molecular formula is C26H32N4O4. The van der Waals surface area contributed by atoms with Crippen molar-refractivity contribution in [3.8, 4) is 11.5 Å². The number of hydrogen-bond donors (Lipinski definition) is 1. The van der Waals surface area contributed by atoms with Crippen LogP contribution in [0.4, 0.5) is 4.79 Å². The number of fused-ring (bicyclic) bond motifs is 1. The number of carbonyl (C=O) groups excluding carboxylic acids is 2. The fourth-order valence-electron chi connectivity index (χ4n) is 5.47. The second kappa shape index (κ2) is 9.25. The SMILES string of the molecule is CC[C@@]1(C2CCN(Cc3cccc(C)n3)CC2)NC(=O)N(C[C@H]2COc3ccccc3O2)C1=O. The molecule has 8 heteroatoms. The van der Waals surface area contributed by atoms with Gasteiger partial charge in [0.15, 0.2) is 17.6 Å². The third kappa shape index (κ3) is 4.22. The van der Waals surface area contributed by atoms with Crippen molar-refractivity contribution in [3.05, 3.63) is 53.9 Å². The Morgan fingerprint density at radius 2 is 1.85 bits per heavy atom. The van der Waals surface area contributed by atoms with Crippen LogP contribution in [0.3, 0.4) is 0 Å². The van der Waals surface area contributed by atoms with Gasteiger partial charge in [-0.1, -0.05) is 25.1 Å². The molecule has 0 bridgehead atoms. The standard InChI is InChI=1S/C26H32N4O4/c1-3-26(19-11-13-29(14-12-19)15-20-8-6-7-18(2)27-20)24(31)30(25(32)28-26)16-21-17-33-22-9-4-5-10-23(22)34-21/h4-10,19,21H,3,11-17H2,1-2H3,(H,28,32)/t21-,26-/m0/s1. The lowest BCUT2D eigenvalue weighted by Gasteiger charge is -2.40. The lowest BCUT2D eigenvalue weighted by atomic mass is 9.75. The molecule has 3 aliphatic heterocycles. The Labute approximate surface area is 200 Å². The lowest BCUT2D eigenvalue weighted by molar-refractivity contribution is -0.135. The third-order valence-electron chi connectivity index (χ3n) is 7.33. The Bertz CT molecular complexity index is 1070. The summed E-state index contributed by atoms with van der Waals surface area (Å²) in [6.45, 7) is 7.03. The monoisotopic (exact) mass is 464 g/mol. The van der Waals surface area contributed by atoms with Gasteiger partial charge in [0, 0.05) is 12.2 Å². The van der Waals surface area contributed by atoms with Crippen LogP contribution in [0.1, 0.15) is 37.6 Å². The number of nitrogens with one attached hydrogen (secondary N) is 1. The Balaban J connectivity index is 1.22. The quantitative estimate of drug-likeness (QED) is 0.662. The average Bonchev–Trinajstić information content (AvgIpc) is 3.09. The highest BCUT2D eigenvalue weighted by Crippen LogP contribution is 2.37. The number of amides is 3. The molecule has 0 saturated carbocycles. The Kier molecular flexibility index (Phi) is 6.16.